The predicted octanol–water partition coefficient (Wildman–Crippen LogP) is 3.63. The fourth-order valence-corrected chi connectivity index (χ4v) is 2.48. The summed E-state index contributed by atoms with van der Waals surface area (Å²) in [5, 5.41) is 5.79. The predicted molar refractivity (Wildman–Crippen MR) is 73.1 cm³/mol. The highest BCUT2D eigenvalue weighted by molar-refractivity contribution is 5.87. The van der Waals surface area contributed by atoms with Crippen LogP contribution in [0.4, 0.5) is 0 Å². The molecule has 0 amide bonds. The maximum atomic E-state index is 6.04. The van der Waals surface area contributed by atoms with Crippen molar-refractivity contribution in [1.29, 1.82) is 0 Å². The molecular weight excluding hydrogens is 224 g/mol. The minimum Gasteiger partial charge on any atom is -0.488 e. The summed E-state index contributed by atoms with van der Waals surface area (Å²) in [7, 11) is 1.97. The number of rotatable bonds is 3. The molecule has 0 radical (unpaired) electrons. The van der Waals surface area contributed by atoms with Crippen molar-refractivity contribution in [2.24, 2.45) is 7.05 Å². The summed E-state index contributed by atoms with van der Waals surface area (Å²) in [5.74, 6) is 1.45. The van der Waals surface area contributed by atoms with E-state index in [2.05, 4.69) is 37.3 Å². The van der Waals surface area contributed by atoms with Crippen molar-refractivity contribution in [2.45, 2.75) is 45.1 Å². The van der Waals surface area contributed by atoms with Crippen LogP contribution in [0.5, 0.6) is 5.75 Å². The lowest BCUT2D eigenvalue weighted by Crippen LogP contribution is -2.24. The van der Waals surface area contributed by atoms with Crippen LogP contribution in [0.25, 0.3) is 10.9 Å². The Balaban J connectivity index is 2.06. The van der Waals surface area contributed by atoms with Gasteiger partial charge in [-0.3, -0.25) is 4.68 Å². The molecule has 1 aromatic carbocycles. The molecule has 1 saturated carbocycles. The van der Waals surface area contributed by atoms with Gasteiger partial charge in [-0.05, 0) is 36.8 Å². The minimum absolute atomic E-state index is 0.403. The fraction of sp³-hybridized carbons (Fsp3) is 0.533. The van der Waals surface area contributed by atoms with Crippen LogP contribution >= 0.6 is 0 Å². The first-order valence-corrected chi connectivity index (χ1v) is 6.78. The number of hydrogen-bond donors (Lipinski definition) is 0. The molecule has 3 rings (SSSR count). The van der Waals surface area contributed by atoms with E-state index in [4.69, 9.17) is 4.74 Å². The van der Waals surface area contributed by atoms with Crippen molar-refractivity contribution < 1.29 is 4.74 Å². The quantitative estimate of drug-likeness (QED) is 0.824. The molecule has 18 heavy (non-hydrogen) atoms. The summed E-state index contributed by atoms with van der Waals surface area (Å²) in [4.78, 5) is 0. The van der Waals surface area contributed by atoms with Gasteiger partial charge >= 0.3 is 0 Å². The second kappa shape index (κ2) is 4.30. The SMILES string of the molecule is CC(C)c1ccc(OC2CCC2)c2nn(C)cc12. The van der Waals surface area contributed by atoms with Gasteiger partial charge < -0.3 is 4.74 Å². The van der Waals surface area contributed by atoms with Crippen LogP contribution in [0.1, 0.15) is 44.6 Å². The molecule has 1 fully saturated rings. The topological polar surface area (TPSA) is 27.1 Å². The number of fused-ring (bicyclic) bond motifs is 1. The molecule has 1 aromatic heterocycles. The third-order valence-electron chi connectivity index (χ3n) is 3.76. The Morgan fingerprint density at radius 2 is 2.11 bits per heavy atom. The van der Waals surface area contributed by atoms with Crippen LogP contribution in [0.15, 0.2) is 18.3 Å². The molecule has 0 saturated heterocycles. The third-order valence-corrected chi connectivity index (χ3v) is 3.76. The van der Waals surface area contributed by atoms with Crippen LogP contribution in [0, 0.1) is 0 Å². The smallest absolute Gasteiger partial charge is 0.147 e. The molecule has 96 valence electrons. The van der Waals surface area contributed by atoms with E-state index in [9.17, 15) is 0 Å². The number of aryl methyl sites for hydroxylation is 1. The van der Waals surface area contributed by atoms with E-state index in [1.165, 1.54) is 30.2 Å². The van der Waals surface area contributed by atoms with E-state index in [1.54, 1.807) is 0 Å². The molecule has 1 heterocycles. The van der Waals surface area contributed by atoms with Crippen molar-refractivity contribution >= 4 is 10.9 Å². The number of aromatic nitrogens is 2. The van der Waals surface area contributed by atoms with Crippen LogP contribution < -0.4 is 4.74 Å². The van der Waals surface area contributed by atoms with Crippen LogP contribution in [-0.2, 0) is 7.05 Å². The average molecular weight is 244 g/mol. The lowest BCUT2D eigenvalue weighted by atomic mass is 9.95. The Morgan fingerprint density at radius 1 is 1.33 bits per heavy atom. The van der Waals surface area contributed by atoms with Gasteiger partial charge in [0.25, 0.3) is 0 Å². The van der Waals surface area contributed by atoms with E-state index >= 15 is 0 Å². The van der Waals surface area contributed by atoms with Gasteiger partial charge in [-0.15, -0.1) is 0 Å². The van der Waals surface area contributed by atoms with E-state index < -0.39 is 0 Å². The Labute approximate surface area is 108 Å². The molecule has 0 bridgehead atoms. The molecule has 0 spiro atoms. The van der Waals surface area contributed by atoms with E-state index in [0.717, 1.165) is 11.3 Å². The maximum Gasteiger partial charge on any atom is 0.147 e. The third kappa shape index (κ3) is 1.88. The molecule has 0 unspecified atom stereocenters. The molecular formula is C15H20N2O. The highest BCUT2D eigenvalue weighted by Gasteiger charge is 2.21. The van der Waals surface area contributed by atoms with Gasteiger partial charge in [-0.1, -0.05) is 19.9 Å². The van der Waals surface area contributed by atoms with Crippen molar-refractivity contribution in [3.63, 3.8) is 0 Å². The Hall–Kier alpha value is -1.51. The molecule has 3 heteroatoms. The Morgan fingerprint density at radius 3 is 2.72 bits per heavy atom. The lowest BCUT2D eigenvalue weighted by molar-refractivity contribution is 0.122. The van der Waals surface area contributed by atoms with Crippen LogP contribution in [0.2, 0.25) is 0 Å². The number of ether oxygens (including phenoxy) is 1. The highest BCUT2D eigenvalue weighted by atomic mass is 16.5. The van der Waals surface area contributed by atoms with Crippen molar-refractivity contribution in [2.75, 3.05) is 0 Å². The summed E-state index contributed by atoms with van der Waals surface area (Å²) in [6, 6.07) is 4.27. The fourth-order valence-electron chi connectivity index (χ4n) is 2.48. The van der Waals surface area contributed by atoms with Gasteiger partial charge in [0.15, 0.2) is 0 Å². The first kappa shape index (κ1) is 11.6. The van der Waals surface area contributed by atoms with Crippen molar-refractivity contribution in [3.05, 3.63) is 23.9 Å². The largest absolute Gasteiger partial charge is 0.488 e. The summed E-state index contributed by atoms with van der Waals surface area (Å²) in [6.07, 6.45) is 6.15. The molecule has 0 atom stereocenters. The van der Waals surface area contributed by atoms with Crippen LogP contribution in [-0.4, -0.2) is 15.9 Å². The van der Waals surface area contributed by atoms with Crippen molar-refractivity contribution in [1.82, 2.24) is 9.78 Å². The first-order chi connectivity index (χ1) is 8.65. The van der Waals surface area contributed by atoms with Gasteiger partial charge in [-0.2, -0.15) is 5.10 Å². The van der Waals surface area contributed by atoms with E-state index in [1.807, 2.05) is 11.7 Å². The number of benzene rings is 1. The summed E-state index contributed by atoms with van der Waals surface area (Å²) < 4.78 is 7.91. The first-order valence-electron chi connectivity index (χ1n) is 6.78. The van der Waals surface area contributed by atoms with Gasteiger partial charge in [-0.25, -0.2) is 0 Å². The molecule has 1 aliphatic rings. The standard InChI is InChI=1S/C15H20N2O/c1-10(2)12-7-8-14(18-11-5-4-6-11)15-13(12)9-17(3)16-15/h7-11H,4-6H2,1-3H3. The minimum atomic E-state index is 0.403. The van der Waals surface area contributed by atoms with Gasteiger partial charge in [0.2, 0.25) is 0 Å². The summed E-state index contributed by atoms with van der Waals surface area (Å²) in [6.45, 7) is 4.43. The molecule has 0 aliphatic heterocycles. The zero-order valence-corrected chi connectivity index (χ0v) is 11.3. The van der Waals surface area contributed by atoms with E-state index in [0.29, 0.717) is 12.0 Å². The summed E-state index contributed by atoms with van der Waals surface area (Å²) >= 11 is 0. The molecule has 3 nitrogen and oxygen atoms in total. The maximum absolute atomic E-state index is 6.04. The zero-order valence-electron chi connectivity index (χ0n) is 11.3. The Kier molecular flexibility index (Phi) is 2.77. The van der Waals surface area contributed by atoms with Crippen LogP contribution in [0.3, 0.4) is 0 Å². The normalized spacial score (nSPS) is 16.2. The van der Waals surface area contributed by atoms with Gasteiger partial charge in [0, 0.05) is 18.6 Å². The molecule has 2 aromatic rings. The van der Waals surface area contributed by atoms with Crippen molar-refractivity contribution in [3.8, 4) is 5.75 Å². The lowest BCUT2D eigenvalue weighted by Gasteiger charge is -2.26. The molecule has 0 N–H and O–H groups in total. The zero-order chi connectivity index (χ0) is 12.7. The Bertz CT molecular complexity index is 567. The second-order valence-electron chi connectivity index (χ2n) is 5.54. The monoisotopic (exact) mass is 244 g/mol. The van der Waals surface area contributed by atoms with Gasteiger partial charge in [0.1, 0.15) is 11.3 Å². The number of hydrogen-bond acceptors (Lipinski definition) is 2. The van der Waals surface area contributed by atoms with Gasteiger partial charge in [0.05, 0.1) is 6.10 Å². The highest BCUT2D eigenvalue weighted by Crippen LogP contribution is 2.34. The number of nitrogens with zero attached hydrogens (tertiary/aromatic N) is 2. The molecule has 1 aliphatic carbocycles. The summed E-state index contributed by atoms with van der Waals surface area (Å²) in [5.41, 5.74) is 2.36. The average Bonchev–Trinajstić information content (AvgIpc) is 2.64. The second-order valence-corrected chi connectivity index (χ2v) is 5.54. The van der Waals surface area contributed by atoms with E-state index in [-0.39, 0.29) is 0 Å².